The van der Waals surface area contributed by atoms with Crippen molar-refractivity contribution < 1.29 is 9.90 Å². The molecule has 0 unspecified atom stereocenters. The van der Waals surface area contributed by atoms with Gasteiger partial charge in [-0.3, -0.25) is 4.79 Å². The maximum atomic E-state index is 11.7. The van der Waals surface area contributed by atoms with Crippen LogP contribution in [-0.4, -0.2) is 48.1 Å². The number of carbonyl (C=O) groups is 1. The first-order valence-corrected chi connectivity index (χ1v) is 6.04. The number of hydrogen-bond donors (Lipinski definition) is 1. The highest BCUT2D eigenvalue weighted by Crippen LogP contribution is 2.15. The van der Waals surface area contributed by atoms with Crippen molar-refractivity contribution in [2.24, 2.45) is 0 Å². The quantitative estimate of drug-likeness (QED) is 0.850. The van der Waals surface area contributed by atoms with Crippen LogP contribution in [0.15, 0.2) is 18.3 Å². The smallest absolute Gasteiger partial charge is 0.241 e. The Labute approximate surface area is 108 Å². The first kappa shape index (κ1) is 14.4. The average Bonchev–Trinajstić information content (AvgIpc) is 2.35. The molecule has 1 N–H and O–H groups in total. The van der Waals surface area contributed by atoms with Crippen LogP contribution in [0.1, 0.15) is 25.5 Å². The monoisotopic (exact) mass is 251 g/mol. The van der Waals surface area contributed by atoms with E-state index in [0.29, 0.717) is 13.1 Å². The van der Waals surface area contributed by atoms with Crippen LogP contribution >= 0.6 is 0 Å². The van der Waals surface area contributed by atoms with Gasteiger partial charge in [0, 0.05) is 26.8 Å². The maximum Gasteiger partial charge on any atom is 0.241 e. The van der Waals surface area contributed by atoms with E-state index < -0.39 is 6.10 Å². The Morgan fingerprint density at radius 1 is 1.44 bits per heavy atom. The summed E-state index contributed by atoms with van der Waals surface area (Å²) in [5, 5.41) is 9.41. The Hall–Kier alpha value is -1.62. The summed E-state index contributed by atoms with van der Waals surface area (Å²) in [6.07, 6.45) is 1.12. The van der Waals surface area contributed by atoms with Gasteiger partial charge in [-0.1, -0.05) is 6.07 Å². The average molecular weight is 251 g/mol. The second-order valence-electron chi connectivity index (χ2n) is 4.43. The molecule has 1 aromatic heterocycles. The number of aliphatic hydroxyl groups is 1. The number of likely N-dealkylation sites (N-methyl/N-ethyl adjacent to an activating group) is 2. The van der Waals surface area contributed by atoms with Gasteiger partial charge < -0.3 is 14.9 Å². The Kier molecular flexibility index (Phi) is 5.09. The van der Waals surface area contributed by atoms with E-state index in [4.69, 9.17) is 0 Å². The number of carbonyl (C=O) groups excluding carboxylic acids is 1. The fourth-order valence-corrected chi connectivity index (χ4v) is 1.49. The van der Waals surface area contributed by atoms with E-state index in [1.54, 1.807) is 32.1 Å². The van der Waals surface area contributed by atoms with Gasteiger partial charge in [-0.25, -0.2) is 4.98 Å². The van der Waals surface area contributed by atoms with Crippen LogP contribution in [0.2, 0.25) is 0 Å². The minimum absolute atomic E-state index is 0.0400. The van der Waals surface area contributed by atoms with Gasteiger partial charge in [0.25, 0.3) is 0 Å². The third-order valence-corrected chi connectivity index (χ3v) is 2.78. The SMILES string of the molecule is CCN(CC(=O)N(C)C)c1ccc([C@@H](C)O)cn1. The van der Waals surface area contributed by atoms with Crippen molar-refractivity contribution >= 4 is 11.7 Å². The van der Waals surface area contributed by atoms with Crippen molar-refractivity contribution in [2.45, 2.75) is 20.0 Å². The molecule has 0 aromatic carbocycles. The summed E-state index contributed by atoms with van der Waals surface area (Å²) in [6, 6.07) is 3.66. The van der Waals surface area contributed by atoms with Crippen molar-refractivity contribution in [1.29, 1.82) is 0 Å². The number of aliphatic hydroxyl groups excluding tert-OH is 1. The van der Waals surface area contributed by atoms with E-state index in [9.17, 15) is 9.90 Å². The van der Waals surface area contributed by atoms with Gasteiger partial charge >= 0.3 is 0 Å². The lowest BCUT2D eigenvalue weighted by molar-refractivity contribution is -0.127. The predicted molar refractivity (Wildman–Crippen MR) is 71.5 cm³/mol. The number of pyridine rings is 1. The van der Waals surface area contributed by atoms with Crippen molar-refractivity contribution in [1.82, 2.24) is 9.88 Å². The maximum absolute atomic E-state index is 11.7. The molecule has 0 aliphatic carbocycles. The molecule has 0 spiro atoms. The predicted octanol–water partition coefficient (Wildman–Crippen LogP) is 1.05. The summed E-state index contributed by atoms with van der Waals surface area (Å²) in [6.45, 7) is 4.70. The van der Waals surface area contributed by atoms with Crippen LogP contribution in [0, 0.1) is 0 Å². The van der Waals surface area contributed by atoms with Gasteiger partial charge in [0.1, 0.15) is 5.82 Å². The molecule has 1 amide bonds. The van der Waals surface area contributed by atoms with Gasteiger partial charge in [0.05, 0.1) is 12.6 Å². The van der Waals surface area contributed by atoms with Crippen LogP contribution in [0.3, 0.4) is 0 Å². The highest BCUT2D eigenvalue weighted by molar-refractivity contribution is 5.80. The number of rotatable bonds is 5. The molecule has 1 aromatic rings. The van der Waals surface area contributed by atoms with Gasteiger partial charge in [-0.15, -0.1) is 0 Å². The Morgan fingerprint density at radius 2 is 2.11 bits per heavy atom. The van der Waals surface area contributed by atoms with E-state index in [1.807, 2.05) is 24.0 Å². The standard InChI is InChI=1S/C13H21N3O2/c1-5-16(9-13(18)15(3)4)12-7-6-11(8-14-12)10(2)17/h6-8,10,17H,5,9H2,1-4H3/t10-/m1/s1. The minimum atomic E-state index is -0.523. The van der Waals surface area contributed by atoms with Crippen LogP contribution in [0.5, 0.6) is 0 Å². The Bertz CT molecular complexity index is 388. The largest absolute Gasteiger partial charge is 0.389 e. The number of aromatic nitrogens is 1. The van der Waals surface area contributed by atoms with E-state index >= 15 is 0 Å². The molecule has 100 valence electrons. The molecule has 0 saturated carbocycles. The second kappa shape index (κ2) is 6.35. The normalized spacial score (nSPS) is 12.1. The molecular formula is C13H21N3O2. The van der Waals surface area contributed by atoms with E-state index in [1.165, 1.54) is 0 Å². The number of hydrogen-bond acceptors (Lipinski definition) is 4. The molecule has 1 rings (SSSR count). The van der Waals surface area contributed by atoms with Gasteiger partial charge in [-0.05, 0) is 25.5 Å². The fourth-order valence-electron chi connectivity index (χ4n) is 1.49. The third-order valence-electron chi connectivity index (χ3n) is 2.78. The fraction of sp³-hybridized carbons (Fsp3) is 0.538. The molecule has 18 heavy (non-hydrogen) atoms. The van der Waals surface area contributed by atoms with Crippen molar-refractivity contribution in [3.8, 4) is 0 Å². The van der Waals surface area contributed by atoms with Crippen LogP contribution in [0.4, 0.5) is 5.82 Å². The van der Waals surface area contributed by atoms with Crippen LogP contribution in [0.25, 0.3) is 0 Å². The number of amides is 1. The molecule has 5 nitrogen and oxygen atoms in total. The molecule has 0 radical (unpaired) electrons. The molecule has 0 aliphatic heterocycles. The molecular weight excluding hydrogens is 230 g/mol. The van der Waals surface area contributed by atoms with Crippen LogP contribution in [-0.2, 0) is 4.79 Å². The molecule has 0 bridgehead atoms. The molecule has 5 heteroatoms. The zero-order valence-electron chi connectivity index (χ0n) is 11.4. The minimum Gasteiger partial charge on any atom is -0.389 e. The zero-order chi connectivity index (χ0) is 13.7. The number of anilines is 1. The van der Waals surface area contributed by atoms with Crippen molar-refractivity contribution in [3.05, 3.63) is 23.9 Å². The molecule has 0 saturated heterocycles. The molecule has 1 atom stereocenters. The topological polar surface area (TPSA) is 56.7 Å². The highest BCUT2D eigenvalue weighted by atomic mass is 16.3. The van der Waals surface area contributed by atoms with E-state index in [2.05, 4.69) is 4.98 Å². The first-order valence-electron chi connectivity index (χ1n) is 6.04. The lowest BCUT2D eigenvalue weighted by Crippen LogP contribution is -2.37. The summed E-state index contributed by atoms with van der Waals surface area (Å²) in [5.74, 6) is 0.787. The molecule has 0 fully saturated rings. The zero-order valence-corrected chi connectivity index (χ0v) is 11.4. The summed E-state index contributed by atoms with van der Waals surface area (Å²) >= 11 is 0. The summed E-state index contributed by atoms with van der Waals surface area (Å²) in [7, 11) is 3.47. The lowest BCUT2D eigenvalue weighted by atomic mass is 10.2. The molecule has 1 heterocycles. The van der Waals surface area contributed by atoms with E-state index in [0.717, 1.165) is 11.4 Å². The number of nitrogens with zero attached hydrogens (tertiary/aromatic N) is 3. The first-order chi connectivity index (χ1) is 8.45. The highest BCUT2D eigenvalue weighted by Gasteiger charge is 2.12. The van der Waals surface area contributed by atoms with Crippen LogP contribution < -0.4 is 4.90 Å². The Morgan fingerprint density at radius 3 is 2.50 bits per heavy atom. The van der Waals surface area contributed by atoms with Gasteiger partial charge in [0.2, 0.25) is 5.91 Å². The molecule has 0 aliphatic rings. The Balaban J connectivity index is 2.79. The van der Waals surface area contributed by atoms with E-state index in [-0.39, 0.29) is 5.91 Å². The van der Waals surface area contributed by atoms with Gasteiger partial charge in [-0.2, -0.15) is 0 Å². The van der Waals surface area contributed by atoms with Gasteiger partial charge in [0.15, 0.2) is 0 Å². The van der Waals surface area contributed by atoms with Crippen molar-refractivity contribution in [2.75, 3.05) is 32.1 Å². The third kappa shape index (κ3) is 3.70. The summed E-state index contributed by atoms with van der Waals surface area (Å²) < 4.78 is 0. The second-order valence-corrected chi connectivity index (χ2v) is 4.43. The van der Waals surface area contributed by atoms with Crippen molar-refractivity contribution in [3.63, 3.8) is 0 Å². The lowest BCUT2D eigenvalue weighted by Gasteiger charge is -2.23. The summed E-state index contributed by atoms with van der Waals surface area (Å²) in [5.41, 5.74) is 0.772. The summed E-state index contributed by atoms with van der Waals surface area (Å²) in [4.78, 5) is 19.4.